The molecule has 0 atom stereocenters. The predicted molar refractivity (Wildman–Crippen MR) is 275 cm³/mol. The van der Waals surface area contributed by atoms with Crippen molar-refractivity contribution in [2.45, 2.75) is 173 Å². The van der Waals surface area contributed by atoms with E-state index in [0.717, 1.165) is 44.4 Å². The largest absolute Gasteiger partial charge is 0.466 e. The summed E-state index contributed by atoms with van der Waals surface area (Å²) in [4.78, 5) is 7.19. The molecular formula is C50H75N7O4S4. The molecule has 358 valence electrons. The molecule has 0 aliphatic heterocycles. The molecule has 8 rings (SSSR count). The number of hydrogen-bond acceptors (Lipinski definition) is 15. The quantitative estimate of drug-likeness (QED) is 0.143. The molecule has 0 saturated heterocycles. The van der Waals surface area contributed by atoms with Gasteiger partial charge in [0.2, 0.25) is 11.8 Å². The number of hydrogen-bond donors (Lipinski definition) is 0. The molecule has 0 fully saturated rings. The average Bonchev–Trinajstić information content (AvgIpc) is 4.14. The normalized spacial score (nSPS) is 9.92. The average molecular weight is 966 g/mol. The van der Waals surface area contributed by atoms with Crippen LogP contribution in [0, 0.1) is 173 Å². The first-order chi connectivity index (χ1) is 30.1. The number of furan rings is 2. The van der Waals surface area contributed by atoms with Gasteiger partial charge in [0.05, 0.1) is 5.69 Å². The minimum Gasteiger partial charge on any atom is -0.466 e. The highest BCUT2D eigenvalue weighted by atomic mass is 32.1. The summed E-state index contributed by atoms with van der Waals surface area (Å²) in [7, 11) is 0. The highest BCUT2D eigenvalue weighted by Gasteiger charge is 2.06. The Bertz CT molecular complexity index is 2240. The maximum absolute atomic E-state index is 5.34. The molecule has 15 heteroatoms. The number of aromatic nitrogens is 7. The van der Waals surface area contributed by atoms with E-state index in [2.05, 4.69) is 137 Å². The number of thiophene rings is 2. The lowest BCUT2D eigenvalue weighted by Crippen LogP contribution is -1.73. The van der Waals surface area contributed by atoms with Crippen molar-refractivity contribution in [2.24, 2.45) is 0 Å². The Kier molecular flexibility index (Phi) is 25.0. The van der Waals surface area contributed by atoms with E-state index in [4.69, 9.17) is 13.3 Å². The van der Waals surface area contributed by atoms with Crippen LogP contribution in [0.1, 0.15) is 136 Å². The lowest BCUT2D eigenvalue weighted by atomic mass is 10.2. The fraction of sp³-hybridized carbons (Fsp3) is 0.500. The maximum atomic E-state index is 5.34. The van der Waals surface area contributed by atoms with E-state index >= 15 is 0 Å². The highest BCUT2D eigenvalue weighted by molar-refractivity contribution is 7.12. The molecule has 8 aromatic heterocycles. The Morgan fingerprint density at radius 3 is 0.692 bits per heavy atom. The first-order valence-electron chi connectivity index (χ1n) is 21.4. The lowest BCUT2D eigenvalue weighted by Gasteiger charge is -1.88. The predicted octanol–water partition coefficient (Wildman–Crippen LogP) is 15.6. The molecular weight excluding hydrogens is 891 g/mol. The zero-order valence-electron chi connectivity index (χ0n) is 43.9. The van der Waals surface area contributed by atoms with E-state index in [-0.39, 0.29) is 0 Å². The molecule has 0 aliphatic carbocycles. The van der Waals surface area contributed by atoms with Crippen LogP contribution >= 0.6 is 45.5 Å². The molecule has 0 amide bonds. The lowest BCUT2D eigenvalue weighted by molar-refractivity contribution is 0.302. The van der Waals surface area contributed by atoms with Crippen LogP contribution in [-0.2, 0) is 0 Å². The molecule has 0 aromatic carbocycles. The van der Waals surface area contributed by atoms with Gasteiger partial charge in [0.15, 0.2) is 0 Å². The summed E-state index contributed by atoms with van der Waals surface area (Å²) in [6, 6.07) is 0. The number of rotatable bonds is 0. The summed E-state index contributed by atoms with van der Waals surface area (Å²) in [6.45, 7) is 51.2. The summed E-state index contributed by atoms with van der Waals surface area (Å²) in [6.07, 6.45) is 0. The van der Waals surface area contributed by atoms with Crippen molar-refractivity contribution < 1.29 is 17.9 Å². The van der Waals surface area contributed by atoms with Gasteiger partial charge in [-0.25, -0.2) is 4.63 Å². The second-order valence-corrected chi connectivity index (χ2v) is 21.1. The van der Waals surface area contributed by atoms with E-state index in [1.54, 1.807) is 36.7 Å². The first kappa shape index (κ1) is 58.4. The van der Waals surface area contributed by atoms with E-state index in [1.165, 1.54) is 80.2 Å². The monoisotopic (exact) mass is 965 g/mol. The second kappa shape index (κ2) is 27.8. The highest BCUT2D eigenvalue weighted by Crippen LogP contribution is 2.26. The van der Waals surface area contributed by atoms with Crippen LogP contribution in [-0.4, -0.2) is 35.1 Å². The van der Waals surface area contributed by atoms with Crippen LogP contribution < -0.4 is 0 Å². The topological polar surface area (TPSA) is 143 Å². The van der Waals surface area contributed by atoms with E-state index < -0.39 is 0 Å². The third-order valence-corrected chi connectivity index (χ3v) is 15.4. The van der Waals surface area contributed by atoms with Gasteiger partial charge in [-0.15, -0.1) is 54.4 Å². The second-order valence-electron chi connectivity index (χ2n) is 15.9. The van der Waals surface area contributed by atoms with Gasteiger partial charge in [-0.05, 0) is 221 Å². The third kappa shape index (κ3) is 19.4. The summed E-state index contributed by atoms with van der Waals surface area (Å²) in [5.74, 6) is 5.43. The van der Waals surface area contributed by atoms with Gasteiger partial charge in [0.1, 0.15) is 44.4 Å². The SMILES string of the molecule is Cc1nnc(C)o1.Cc1nnc(C)s1.Cc1nonc1C.Cc1nsc(C)c1C.Cc1oc(C)c(C)c1C.Cc1oc(C)c(C)c1C.Cc1sc(C)c(C)c1C.Cc1sc(C)c(C)c1C. The molecule has 0 unspecified atom stereocenters. The van der Waals surface area contributed by atoms with Crippen LogP contribution in [0.15, 0.2) is 17.9 Å². The molecule has 11 nitrogen and oxygen atoms in total. The summed E-state index contributed by atoms with van der Waals surface area (Å²) >= 11 is 6.99. The molecule has 8 aromatic rings. The Hall–Kier alpha value is -4.57. The van der Waals surface area contributed by atoms with Crippen LogP contribution in [0.2, 0.25) is 0 Å². The van der Waals surface area contributed by atoms with Gasteiger partial charge in [-0.3, -0.25) is 0 Å². The van der Waals surface area contributed by atoms with Gasteiger partial charge in [0.25, 0.3) is 0 Å². The summed E-state index contributed by atoms with van der Waals surface area (Å²) < 4.78 is 24.1. The molecule has 0 radical (unpaired) electrons. The standard InChI is InChI=1S/2C8H12O.2C8H12S.C6H9NS.2C4H6N2O.C4H6N2S/c4*1-5-6(2)8(4)9-7(5)3;1-4-5(2)7-8-6(4)3;1-3-5-6-4(2)7-3;1-3-4(2)6-7-5-3;1-3-5-6-4(2)7-3/h4*1-4H3;1-3H3;3*1-2H3. The van der Waals surface area contributed by atoms with Crippen molar-refractivity contribution in [3.8, 4) is 0 Å². The fourth-order valence-corrected chi connectivity index (χ4v) is 8.67. The van der Waals surface area contributed by atoms with Gasteiger partial charge in [0, 0.05) is 38.2 Å². The summed E-state index contributed by atoms with van der Waals surface area (Å²) in [5.41, 5.74) is 15.3. The van der Waals surface area contributed by atoms with Crippen LogP contribution in [0.25, 0.3) is 0 Å². The van der Waals surface area contributed by atoms with E-state index in [0.29, 0.717) is 11.8 Å². The Morgan fingerprint density at radius 1 is 0.292 bits per heavy atom. The zero-order valence-corrected chi connectivity index (χ0v) is 47.2. The molecule has 0 bridgehead atoms. The first-order valence-corrected chi connectivity index (χ1v) is 24.6. The van der Waals surface area contributed by atoms with Crippen molar-refractivity contribution in [2.75, 3.05) is 0 Å². The minimum atomic E-state index is 0.623. The van der Waals surface area contributed by atoms with E-state index in [1.807, 2.05) is 85.0 Å². The van der Waals surface area contributed by atoms with Gasteiger partial charge < -0.3 is 13.3 Å². The molecule has 0 spiro atoms. The van der Waals surface area contributed by atoms with Crippen molar-refractivity contribution in [1.82, 2.24) is 35.1 Å². The fourth-order valence-electron chi connectivity index (χ4n) is 5.24. The molecule has 65 heavy (non-hydrogen) atoms. The molecule has 0 aliphatic rings. The van der Waals surface area contributed by atoms with Gasteiger partial charge in [-0.1, -0.05) is 10.3 Å². The Morgan fingerprint density at radius 2 is 0.600 bits per heavy atom. The number of nitrogens with zero attached hydrogens (tertiary/aromatic N) is 7. The van der Waals surface area contributed by atoms with Crippen molar-refractivity contribution in [1.29, 1.82) is 0 Å². The molecule has 8 heterocycles. The summed E-state index contributed by atoms with van der Waals surface area (Å²) in [5, 5.41) is 23.9. The third-order valence-electron chi connectivity index (χ3n) is 11.2. The zero-order chi connectivity index (χ0) is 50.0. The molecule has 0 saturated carbocycles. The van der Waals surface area contributed by atoms with Gasteiger partial charge in [-0.2, -0.15) is 4.37 Å². The Labute approximate surface area is 405 Å². The minimum absolute atomic E-state index is 0.623. The smallest absolute Gasteiger partial charge is 0.213 e. The van der Waals surface area contributed by atoms with Gasteiger partial charge >= 0.3 is 0 Å². The van der Waals surface area contributed by atoms with Crippen LogP contribution in [0.5, 0.6) is 0 Å². The van der Waals surface area contributed by atoms with Crippen molar-refractivity contribution >= 4 is 45.5 Å². The van der Waals surface area contributed by atoms with Crippen molar-refractivity contribution in [3.05, 3.63) is 136 Å². The Balaban J connectivity index is 0.000000372. The van der Waals surface area contributed by atoms with Crippen molar-refractivity contribution in [3.63, 3.8) is 0 Å². The van der Waals surface area contributed by atoms with Crippen LogP contribution in [0.4, 0.5) is 0 Å². The van der Waals surface area contributed by atoms with E-state index in [9.17, 15) is 0 Å². The van der Waals surface area contributed by atoms with Crippen LogP contribution in [0.3, 0.4) is 0 Å². The maximum Gasteiger partial charge on any atom is 0.213 e. The molecule has 0 N–H and O–H groups in total. The number of aryl methyl sites for hydroxylation is 16.